The molecule has 0 radical (unpaired) electrons. The first kappa shape index (κ1) is 21.9. The van der Waals surface area contributed by atoms with Gasteiger partial charge in [0.05, 0.1) is 12.2 Å². The van der Waals surface area contributed by atoms with Crippen molar-refractivity contribution < 1.29 is 4.79 Å². The zero-order valence-corrected chi connectivity index (χ0v) is 19.2. The minimum atomic E-state index is -0.837. The number of nitrogens with zero attached hydrogens (tertiary/aromatic N) is 2. The molecule has 1 N–H and O–H groups in total. The van der Waals surface area contributed by atoms with E-state index in [1.165, 1.54) is 0 Å². The lowest BCUT2D eigenvalue weighted by atomic mass is 9.82. The lowest BCUT2D eigenvalue weighted by Gasteiger charge is -2.29. The number of allylic oxidation sites excluding steroid dienone is 1. The predicted molar refractivity (Wildman–Crippen MR) is 135 cm³/mol. The summed E-state index contributed by atoms with van der Waals surface area (Å²) in [5.41, 5.74) is 6.21. The van der Waals surface area contributed by atoms with Gasteiger partial charge in [-0.15, -0.1) is 0 Å². The number of fused-ring (bicyclic) bond motifs is 2. The van der Waals surface area contributed by atoms with Crippen LogP contribution in [0.2, 0.25) is 0 Å². The first-order valence-electron chi connectivity index (χ1n) is 11.3. The van der Waals surface area contributed by atoms with Gasteiger partial charge in [0.2, 0.25) is 0 Å². The predicted octanol–water partition coefficient (Wildman–Crippen LogP) is 6.11. The number of carbonyl (C=O) groups is 1. The Bertz CT molecular complexity index is 1130. The standard InChI is InChI=1S/C28H31N3O/c1-19(2)21-9-8-10-22(15-21)25-14-13-20(3)26-17-28(4,31-25)27(32)16-24(30-26)18-29-23-11-6-5-7-12-23/h5-12,15-16,20,29H,1,13-14,17-18H2,2-4H3. The zero-order chi connectivity index (χ0) is 22.7. The van der Waals surface area contributed by atoms with Gasteiger partial charge < -0.3 is 5.32 Å². The Morgan fingerprint density at radius 1 is 1.19 bits per heavy atom. The number of rotatable bonds is 5. The highest BCUT2D eigenvalue weighted by Crippen LogP contribution is 2.32. The fourth-order valence-corrected chi connectivity index (χ4v) is 4.27. The van der Waals surface area contributed by atoms with Crippen LogP contribution in [-0.2, 0) is 4.79 Å². The number of carbonyl (C=O) groups excluding carboxylic acids is 1. The molecule has 164 valence electrons. The van der Waals surface area contributed by atoms with Gasteiger partial charge in [-0.2, -0.15) is 0 Å². The molecule has 4 rings (SSSR count). The summed E-state index contributed by atoms with van der Waals surface area (Å²) in [5.74, 6) is 0.305. The molecule has 2 heterocycles. The normalized spacial score (nSPS) is 23.2. The Morgan fingerprint density at radius 3 is 2.72 bits per heavy atom. The molecule has 2 aromatic carbocycles. The lowest BCUT2D eigenvalue weighted by Crippen LogP contribution is -2.38. The minimum Gasteiger partial charge on any atom is -0.379 e. The summed E-state index contributed by atoms with van der Waals surface area (Å²) in [5, 5.41) is 3.38. The number of ketones is 1. The Morgan fingerprint density at radius 2 is 1.97 bits per heavy atom. The van der Waals surface area contributed by atoms with Gasteiger partial charge in [-0.05, 0) is 61.9 Å². The fourth-order valence-electron chi connectivity index (χ4n) is 4.27. The molecule has 0 spiro atoms. The molecular weight excluding hydrogens is 394 g/mol. The van der Waals surface area contributed by atoms with E-state index in [9.17, 15) is 4.79 Å². The van der Waals surface area contributed by atoms with Gasteiger partial charge in [-0.25, -0.2) is 0 Å². The van der Waals surface area contributed by atoms with E-state index >= 15 is 0 Å². The number of para-hydroxylation sites is 1. The number of nitrogens with one attached hydrogen (secondary N) is 1. The van der Waals surface area contributed by atoms with E-state index < -0.39 is 5.54 Å². The Kier molecular flexibility index (Phi) is 6.22. The molecule has 0 fully saturated rings. The molecule has 32 heavy (non-hydrogen) atoms. The number of hydrogen-bond donors (Lipinski definition) is 1. The maximum atomic E-state index is 13.4. The maximum absolute atomic E-state index is 13.4. The van der Waals surface area contributed by atoms with Crippen LogP contribution >= 0.6 is 0 Å². The molecule has 0 amide bonds. The molecule has 0 saturated carbocycles. The first-order chi connectivity index (χ1) is 15.3. The summed E-state index contributed by atoms with van der Waals surface area (Å²) in [6, 6.07) is 18.3. The van der Waals surface area contributed by atoms with Crippen molar-refractivity contribution >= 4 is 28.5 Å². The van der Waals surface area contributed by atoms with E-state index in [1.54, 1.807) is 6.08 Å². The summed E-state index contributed by atoms with van der Waals surface area (Å²) < 4.78 is 0. The summed E-state index contributed by atoms with van der Waals surface area (Å²) in [7, 11) is 0. The molecule has 2 aliphatic heterocycles. The molecule has 2 atom stereocenters. The van der Waals surface area contributed by atoms with Crippen LogP contribution in [0.15, 0.2) is 82.9 Å². The van der Waals surface area contributed by atoms with Gasteiger partial charge in [-0.3, -0.25) is 14.8 Å². The number of hydrogen-bond acceptors (Lipinski definition) is 4. The van der Waals surface area contributed by atoms with Gasteiger partial charge in [0, 0.05) is 29.6 Å². The van der Waals surface area contributed by atoms with Crippen LogP contribution in [0.1, 0.15) is 51.2 Å². The first-order valence-corrected chi connectivity index (χ1v) is 11.3. The highest BCUT2D eigenvalue weighted by Gasteiger charge is 2.38. The summed E-state index contributed by atoms with van der Waals surface area (Å²) in [4.78, 5) is 23.4. The van der Waals surface area contributed by atoms with E-state index in [2.05, 4.69) is 37.0 Å². The maximum Gasteiger partial charge on any atom is 0.185 e. The summed E-state index contributed by atoms with van der Waals surface area (Å²) in [6.45, 7) is 10.8. The molecule has 0 aliphatic carbocycles. The van der Waals surface area contributed by atoms with Crippen molar-refractivity contribution in [2.45, 2.75) is 45.6 Å². The van der Waals surface area contributed by atoms with Crippen molar-refractivity contribution in [2.75, 3.05) is 11.9 Å². The third-order valence-electron chi connectivity index (χ3n) is 6.34. The average molecular weight is 426 g/mol. The fraction of sp³-hybridized carbons (Fsp3) is 0.321. The van der Waals surface area contributed by atoms with E-state index in [-0.39, 0.29) is 11.7 Å². The topological polar surface area (TPSA) is 53.8 Å². The smallest absolute Gasteiger partial charge is 0.185 e. The molecular formula is C28H31N3O. The van der Waals surface area contributed by atoms with Crippen molar-refractivity contribution in [2.24, 2.45) is 15.9 Å². The molecule has 4 nitrogen and oxygen atoms in total. The second-order valence-electron chi connectivity index (χ2n) is 9.13. The second-order valence-corrected chi connectivity index (χ2v) is 9.13. The van der Waals surface area contributed by atoms with Crippen LogP contribution in [0, 0.1) is 5.92 Å². The molecule has 4 heteroatoms. The third kappa shape index (κ3) is 4.80. The highest BCUT2D eigenvalue weighted by atomic mass is 16.1. The van der Waals surface area contributed by atoms with Crippen LogP contribution in [0.5, 0.6) is 0 Å². The van der Waals surface area contributed by atoms with Crippen molar-refractivity contribution in [3.8, 4) is 0 Å². The van der Waals surface area contributed by atoms with Crippen molar-refractivity contribution in [1.82, 2.24) is 0 Å². The van der Waals surface area contributed by atoms with E-state index in [0.29, 0.717) is 13.0 Å². The van der Waals surface area contributed by atoms with Crippen molar-refractivity contribution in [3.63, 3.8) is 0 Å². The number of benzene rings is 2. The quantitative estimate of drug-likeness (QED) is 0.628. The van der Waals surface area contributed by atoms with E-state index in [0.717, 1.165) is 52.3 Å². The molecule has 0 aromatic heterocycles. The van der Waals surface area contributed by atoms with Crippen LogP contribution < -0.4 is 5.32 Å². The SMILES string of the molecule is C=C(C)c1cccc(C2=NC3(C)CC(=NC(CNc4ccccc4)=CC3=O)C(C)CC2)c1. The third-order valence-corrected chi connectivity index (χ3v) is 6.34. The van der Waals surface area contributed by atoms with Crippen LogP contribution in [0.4, 0.5) is 5.69 Å². The largest absolute Gasteiger partial charge is 0.379 e. The molecule has 2 bridgehead atoms. The zero-order valence-electron chi connectivity index (χ0n) is 19.2. The monoisotopic (exact) mass is 425 g/mol. The van der Waals surface area contributed by atoms with Gasteiger partial charge >= 0.3 is 0 Å². The Labute approximate surface area is 190 Å². The molecule has 2 unspecified atom stereocenters. The minimum absolute atomic E-state index is 0.0174. The second kappa shape index (κ2) is 9.07. The molecule has 0 saturated heterocycles. The molecule has 2 aromatic rings. The van der Waals surface area contributed by atoms with Gasteiger partial charge in [-0.1, -0.05) is 55.5 Å². The van der Waals surface area contributed by atoms with Crippen LogP contribution in [0.25, 0.3) is 5.57 Å². The summed E-state index contributed by atoms with van der Waals surface area (Å²) in [6.07, 6.45) is 4.02. The lowest BCUT2D eigenvalue weighted by molar-refractivity contribution is -0.118. The van der Waals surface area contributed by atoms with Crippen LogP contribution in [0.3, 0.4) is 0 Å². The average Bonchev–Trinajstić information content (AvgIpc) is 2.92. The summed E-state index contributed by atoms with van der Waals surface area (Å²) >= 11 is 0. The van der Waals surface area contributed by atoms with Crippen molar-refractivity contribution in [3.05, 3.63) is 84.1 Å². The van der Waals surface area contributed by atoms with Crippen LogP contribution in [-0.4, -0.2) is 29.3 Å². The Hall–Kier alpha value is -3.27. The highest BCUT2D eigenvalue weighted by molar-refractivity contribution is 6.09. The van der Waals surface area contributed by atoms with Gasteiger partial charge in [0.1, 0.15) is 5.54 Å². The molecule has 2 aliphatic rings. The Balaban J connectivity index is 1.68. The number of aliphatic imine (C=N–C) groups is 2. The van der Waals surface area contributed by atoms with Gasteiger partial charge in [0.25, 0.3) is 0 Å². The van der Waals surface area contributed by atoms with Gasteiger partial charge in [0.15, 0.2) is 5.78 Å². The van der Waals surface area contributed by atoms with E-state index in [1.807, 2.05) is 50.2 Å². The number of anilines is 1. The van der Waals surface area contributed by atoms with Crippen molar-refractivity contribution in [1.29, 1.82) is 0 Å². The van der Waals surface area contributed by atoms with E-state index in [4.69, 9.17) is 9.98 Å².